The summed E-state index contributed by atoms with van der Waals surface area (Å²) in [4.78, 5) is 11.8. The van der Waals surface area contributed by atoms with E-state index in [1.165, 1.54) is 6.42 Å². The Morgan fingerprint density at radius 2 is 1.88 bits per heavy atom. The van der Waals surface area contributed by atoms with Crippen LogP contribution >= 0.6 is 0 Å². The number of carbonyl (C=O) groups excluding carboxylic acids is 1. The lowest BCUT2D eigenvalue weighted by molar-refractivity contribution is -0.151. The molecule has 0 radical (unpaired) electrons. The molecule has 1 rings (SSSR count). The van der Waals surface area contributed by atoms with Gasteiger partial charge in [-0.15, -0.1) is 0 Å². The van der Waals surface area contributed by atoms with Gasteiger partial charge in [0.05, 0.1) is 13.0 Å². The van der Waals surface area contributed by atoms with Gasteiger partial charge in [-0.2, -0.15) is 0 Å². The van der Waals surface area contributed by atoms with Crippen molar-refractivity contribution in [3.63, 3.8) is 0 Å². The van der Waals surface area contributed by atoms with Crippen molar-refractivity contribution in [1.29, 1.82) is 0 Å². The fourth-order valence-corrected chi connectivity index (χ4v) is 3.44. The minimum atomic E-state index is -0.0376. The molecule has 100 valence electrons. The predicted molar refractivity (Wildman–Crippen MR) is 70.7 cm³/mol. The third-order valence-electron chi connectivity index (χ3n) is 5.18. The van der Waals surface area contributed by atoms with E-state index in [-0.39, 0.29) is 16.8 Å². The Morgan fingerprint density at radius 3 is 2.41 bits per heavy atom. The van der Waals surface area contributed by atoms with Crippen LogP contribution in [0.2, 0.25) is 0 Å². The molecule has 0 heterocycles. The van der Waals surface area contributed by atoms with Crippen LogP contribution in [0, 0.1) is 22.7 Å². The lowest BCUT2D eigenvalue weighted by Crippen LogP contribution is -2.47. The summed E-state index contributed by atoms with van der Waals surface area (Å²) in [6.45, 7) is 13.9. The monoisotopic (exact) mass is 240 g/mol. The third kappa shape index (κ3) is 2.83. The molecule has 0 aromatic heterocycles. The molecule has 1 aliphatic rings. The quantitative estimate of drug-likeness (QED) is 0.696. The normalized spacial score (nSPS) is 36.6. The maximum absolute atomic E-state index is 11.8. The second kappa shape index (κ2) is 4.99. The fraction of sp³-hybridized carbons (Fsp3) is 0.933. The summed E-state index contributed by atoms with van der Waals surface area (Å²) in [6.07, 6.45) is 2.96. The van der Waals surface area contributed by atoms with Gasteiger partial charge in [0, 0.05) is 0 Å². The van der Waals surface area contributed by atoms with Gasteiger partial charge >= 0.3 is 5.97 Å². The topological polar surface area (TPSA) is 26.3 Å². The van der Waals surface area contributed by atoms with Crippen LogP contribution in [0.1, 0.15) is 60.8 Å². The number of carbonyl (C=O) groups is 1. The highest BCUT2D eigenvalue weighted by Crippen LogP contribution is 2.56. The number of hydrogen-bond donors (Lipinski definition) is 0. The Kier molecular flexibility index (Phi) is 4.27. The van der Waals surface area contributed by atoms with E-state index in [2.05, 4.69) is 34.6 Å². The second-order valence-electron chi connectivity index (χ2n) is 6.71. The van der Waals surface area contributed by atoms with Crippen molar-refractivity contribution in [3.8, 4) is 0 Å². The summed E-state index contributed by atoms with van der Waals surface area (Å²) in [5.41, 5.74) is 0.266. The van der Waals surface area contributed by atoms with E-state index in [0.717, 1.165) is 6.42 Å². The molecule has 0 spiro atoms. The van der Waals surface area contributed by atoms with Gasteiger partial charge in [-0.05, 0) is 42.4 Å². The Hall–Kier alpha value is -0.530. The lowest BCUT2D eigenvalue weighted by atomic mass is 9.51. The molecule has 1 fully saturated rings. The van der Waals surface area contributed by atoms with E-state index >= 15 is 0 Å². The number of hydrogen-bond acceptors (Lipinski definition) is 2. The van der Waals surface area contributed by atoms with Crippen molar-refractivity contribution in [1.82, 2.24) is 0 Å². The highest BCUT2D eigenvalue weighted by molar-refractivity contribution is 5.70. The van der Waals surface area contributed by atoms with E-state index in [9.17, 15) is 4.79 Å². The highest BCUT2D eigenvalue weighted by Gasteiger charge is 2.49. The summed E-state index contributed by atoms with van der Waals surface area (Å²) >= 11 is 0. The molecule has 0 aromatic carbocycles. The Bertz CT molecular complexity index is 283. The molecule has 3 unspecified atom stereocenters. The van der Waals surface area contributed by atoms with E-state index < -0.39 is 0 Å². The number of esters is 1. The van der Waals surface area contributed by atoms with Crippen LogP contribution in [-0.2, 0) is 9.53 Å². The number of ether oxygens (including phenoxy) is 1. The Morgan fingerprint density at radius 1 is 1.29 bits per heavy atom. The maximum Gasteiger partial charge on any atom is 0.306 e. The van der Waals surface area contributed by atoms with Crippen molar-refractivity contribution in [3.05, 3.63) is 0 Å². The van der Waals surface area contributed by atoms with Crippen molar-refractivity contribution >= 4 is 5.97 Å². The van der Waals surface area contributed by atoms with Gasteiger partial charge in [-0.25, -0.2) is 0 Å². The molecular weight excluding hydrogens is 212 g/mol. The smallest absolute Gasteiger partial charge is 0.306 e. The van der Waals surface area contributed by atoms with Gasteiger partial charge < -0.3 is 4.74 Å². The first-order valence-electron chi connectivity index (χ1n) is 6.88. The van der Waals surface area contributed by atoms with Crippen LogP contribution in [0.15, 0.2) is 0 Å². The predicted octanol–water partition coefficient (Wildman–Crippen LogP) is 4.04. The summed E-state index contributed by atoms with van der Waals surface area (Å²) in [6, 6.07) is 0. The Labute approximate surface area is 106 Å². The molecule has 0 amide bonds. The van der Waals surface area contributed by atoms with E-state index in [1.54, 1.807) is 0 Å². The molecule has 1 saturated carbocycles. The van der Waals surface area contributed by atoms with E-state index in [1.807, 2.05) is 6.92 Å². The molecule has 1 aliphatic carbocycles. The minimum absolute atomic E-state index is 0.0376. The van der Waals surface area contributed by atoms with Gasteiger partial charge in [-0.3, -0.25) is 4.79 Å². The van der Waals surface area contributed by atoms with E-state index in [0.29, 0.717) is 24.9 Å². The average Bonchev–Trinajstić information content (AvgIpc) is 2.14. The first-order valence-corrected chi connectivity index (χ1v) is 6.88. The summed E-state index contributed by atoms with van der Waals surface area (Å²) in [7, 11) is 0. The zero-order valence-electron chi connectivity index (χ0n) is 12.3. The van der Waals surface area contributed by atoms with Crippen molar-refractivity contribution in [2.75, 3.05) is 6.61 Å². The Balaban J connectivity index is 2.85. The van der Waals surface area contributed by atoms with Crippen LogP contribution in [0.25, 0.3) is 0 Å². The molecule has 2 heteroatoms. The summed E-state index contributed by atoms with van der Waals surface area (Å²) in [5.74, 6) is 1.33. The van der Waals surface area contributed by atoms with Crippen molar-refractivity contribution in [2.24, 2.45) is 22.7 Å². The highest BCUT2D eigenvalue weighted by atomic mass is 16.5. The lowest BCUT2D eigenvalue weighted by Gasteiger charge is -2.53. The van der Waals surface area contributed by atoms with Crippen LogP contribution in [0.3, 0.4) is 0 Å². The standard InChI is InChI=1S/C15H28O2/c1-7-17-13(16)10-15(6)9-11(2)8-12(3)14(15,4)5/h11-12H,7-10H2,1-6H3. The van der Waals surface area contributed by atoms with Crippen LogP contribution in [0.4, 0.5) is 0 Å². The third-order valence-corrected chi connectivity index (χ3v) is 5.18. The zero-order valence-corrected chi connectivity index (χ0v) is 12.3. The number of rotatable bonds is 3. The molecule has 0 aliphatic heterocycles. The summed E-state index contributed by atoms with van der Waals surface area (Å²) in [5, 5.41) is 0. The zero-order chi connectivity index (χ0) is 13.3. The van der Waals surface area contributed by atoms with Crippen LogP contribution < -0.4 is 0 Å². The molecule has 3 atom stereocenters. The van der Waals surface area contributed by atoms with Crippen molar-refractivity contribution in [2.45, 2.75) is 60.8 Å². The molecule has 0 saturated heterocycles. The SMILES string of the molecule is CCOC(=O)CC1(C)CC(C)CC(C)C1(C)C. The fourth-order valence-electron chi connectivity index (χ4n) is 3.44. The first kappa shape index (κ1) is 14.5. The molecule has 0 bridgehead atoms. The van der Waals surface area contributed by atoms with E-state index in [4.69, 9.17) is 4.74 Å². The van der Waals surface area contributed by atoms with Crippen LogP contribution in [0.5, 0.6) is 0 Å². The van der Waals surface area contributed by atoms with Crippen LogP contribution in [-0.4, -0.2) is 12.6 Å². The molecule has 0 N–H and O–H groups in total. The van der Waals surface area contributed by atoms with Crippen molar-refractivity contribution < 1.29 is 9.53 Å². The van der Waals surface area contributed by atoms with Gasteiger partial charge in [0.25, 0.3) is 0 Å². The molecule has 0 aromatic rings. The van der Waals surface area contributed by atoms with Gasteiger partial charge in [0.1, 0.15) is 0 Å². The molecule has 17 heavy (non-hydrogen) atoms. The summed E-state index contributed by atoms with van der Waals surface area (Å²) < 4.78 is 5.13. The minimum Gasteiger partial charge on any atom is -0.466 e. The van der Waals surface area contributed by atoms with Gasteiger partial charge in [-0.1, -0.05) is 34.6 Å². The maximum atomic E-state index is 11.8. The van der Waals surface area contributed by atoms with Gasteiger partial charge in [0.2, 0.25) is 0 Å². The molecular formula is C15H28O2. The second-order valence-corrected chi connectivity index (χ2v) is 6.71. The van der Waals surface area contributed by atoms with Gasteiger partial charge in [0.15, 0.2) is 0 Å². The first-order chi connectivity index (χ1) is 7.73. The molecule has 2 nitrogen and oxygen atoms in total. The largest absolute Gasteiger partial charge is 0.466 e. The average molecular weight is 240 g/mol.